The monoisotopic (exact) mass is 653 g/mol. The van der Waals surface area contributed by atoms with Crippen LogP contribution >= 0.6 is 0 Å². The molecule has 2 aromatic carbocycles. The highest BCUT2D eigenvalue weighted by atomic mass is 19.4. The van der Waals surface area contributed by atoms with Crippen LogP contribution in [0.5, 0.6) is 0 Å². The molecule has 47 heavy (non-hydrogen) atoms. The third-order valence-corrected chi connectivity index (χ3v) is 7.58. The largest absolute Gasteiger partial charge is 0.554 e. The van der Waals surface area contributed by atoms with Crippen LogP contribution in [0.2, 0.25) is 0 Å². The zero-order valence-electron chi connectivity index (χ0n) is 25.7. The summed E-state index contributed by atoms with van der Waals surface area (Å²) in [4.78, 5) is 40.5. The van der Waals surface area contributed by atoms with Gasteiger partial charge in [0.1, 0.15) is 12.3 Å². The lowest BCUT2D eigenvalue weighted by atomic mass is 9.89. The number of benzene rings is 2. The number of methoxy groups -OCH3 is 1. The molecule has 5 rings (SSSR count). The first-order valence-corrected chi connectivity index (χ1v) is 14.0. The number of anilines is 2. The van der Waals surface area contributed by atoms with E-state index in [0.29, 0.717) is 46.6 Å². The third kappa shape index (κ3) is 7.25. The summed E-state index contributed by atoms with van der Waals surface area (Å²) in [5.41, 5.74) is 0.302. The summed E-state index contributed by atoms with van der Waals surface area (Å²) in [6, 6.07) is 10.6. The summed E-state index contributed by atoms with van der Waals surface area (Å²) < 4.78 is 53.1. The minimum Gasteiger partial charge on any atom is -0.554 e. The average molecular weight is 654 g/mol. The van der Waals surface area contributed by atoms with Gasteiger partial charge in [-0.05, 0) is 48.4 Å². The number of likely N-dealkylation sites (N-methyl/N-ethyl adjacent to an activating group) is 1. The molecule has 1 N–H and O–H groups in total. The van der Waals surface area contributed by atoms with E-state index in [9.17, 15) is 28.0 Å². The smallest absolute Gasteiger partial charge is 0.416 e. The molecule has 1 aliphatic heterocycles. The molecule has 16 heteroatoms. The molecule has 13 nitrogen and oxygen atoms in total. The van der Waals surface area contributed by atoms with Gasteiger partial charge in [-0.15, -0.1) is 5.10 Å². The van der Waals surface area contributed by atoms with Crippen molar-refractivity contribution in [3.63, 3.8) is 0 Å². The number of nitrogens with zero attached hydrogens (tertiary/aromatic N) is 6. The molecule has 0 radical (unpaired) electrons. The number of halogens is 3. The maximum absolute atomic E-state index is 13.6. The fraction of sp³-hybridized carbons (Fsp3) is 0.290. The summed E-state index contributed by atoms with van der Waals surface area (Å²) in [5, 5.41) is 24.5. The molecule has 0 bridgehead atoms. The summed E-state index contributed by atoms with van der Waals surface area (Å²) in [6.07, 6.45) is -1.13. The van der Waals surface area contributed by atoms with E-state index >= 15 is 0 Å². The van der Waals surface area contributed by atoms with Crippen molar-refractivity contribution in [1.82, 2.24) is 19.7 Å². The normalized spacial score (nSPS) is 14.5. The van der Waals surface area contributed by atoms with Crippen molar-refractivity contribution in [1.29, 1.82) is 5.26 Å². The van der Waals surface area contributed by atoms with E-state index in [-0.39, 0.29) is 22.9 Å². The summed E-state index contributed by atoms with van der Waals surface area (Å²) >= 11 is 0. The molecule has 4 aromatic rings. The van der Waals surface area contributed by atoms with Gasteiger partial charge in [0.25, 0.3) is 0 Å². The van der Waals surface area contributed by atoms with Crippen molar-refractivity contribution in [3.8, 4) is 6.07 Å². The van der Waals surface area contributed by atoms with E-state index in [4.69, 9.17) is 19.1 Å². The number of esters is 1. The predicted octanol–water partition coefficient (Wildman–Crippen LogP) is 2.82. The van der Waals surface area contributed by atoms with Gasteiger partial charge in [-0.2, -0.15) is 18.4 Å². The highest BCUT2D eigenvalue weighted by Gasteiger charge is 2.41. The first kappa shape index (κ1) is 34.2. The number of hydrogen-bond donors (Lipinski definition) is 1. The van der Waals surface area contributed by atoms with E-state index in [1.807, 2.05) is 14.1 Å². The SMILES string of the molecule is COC(=O)C1=C(C)N(c2cccc(C(F)(F)F)c2)c2n[nH]c(=O)n2[C@@H]1c1ccc(C#N)cc1CC[N+](C)(C)Cc1ncco1.O=C[O-]. The molecule has 1 atom stereocenters. The molecule has 0 aliphatic carbocycles. The van der Waals surface area contributed by atoms with Crippen LogP contribution in [0.25, 0.3) is 0 Å². The summed E-state index contributed by atoms with van der Waals surface area (Å²) in [5.74, 6) is -0.234. The second-order valence-corrected chi connectivity index (χ2v) is 11.1. The molecule has 0 saturated heterocycles. The molecule has 0 fully saturated rings. The molecule has 0 spiro atoms. The molecule has 0 amide bonds. The molecular formula is C31H30F3N7O6. The van der Waals surface area contributed by atoms with Gasteiger partial charge in [0.05, 0.1) is 56.7 Å². The topological polar surface area (TPSA) is 170 Å². The molecule has 3 heterocycles. The number of hydrogen-bond acceptors (Lipinski definition) is 10. The number of carboxylic acid groups (broad SMARTS) is 1. The maximum atomic E-state index is 13.6. The summed E-state index contributed by atoms with van der Waals surface area (Å²) in [7, 11) is 5.17. The van der Waals surface area contributed by atoms with Gasteiger partial charge in [0.2, 0.25) is 11.8 Å². The van der Waals surface area contributed by atoms with Gasteiger partial charge in [0.15, 0.2) is 6.54 Å². The molecule has 0 unspecified atom stereocenters. The molecule has 246 valence electrons. The Morgan fingerprint density at radius 3 is 2.60 bits per heavy atom. The van der Waals surface area contributed by atoms with E-state index < -0.39 is 35.9 Å². The number of aromatic amines is 1. The second kappa shape index (κ2) is 13.7. The Morgan fingerprint density at radius 2 is 1.98 bits per heavy atom. The lowest BCUT2D eigenvalue weighted by Crippen LogP contribution is -2.41. The Balaban J connectivity index is 0.00000160. The number of allylic oxidation sites excluding steroid dienone is 1. The zero-order valence-corrected chi connectivity index (χ0v) is 25.7. The molecule has 1 aliphatic rings. The number of nitrogens with one attached hydrogen (secondary N) is 1. The highest BCUT2D eigenvalue weighted by Crippen LogP contribution is 2.43. The molecule has 0 saturated carbocycles. The Kier molecular flexibility index (Phi) is 10.0. The predicted molar refractivity (Wildman–Crippen MR) is 157 cm³/mol. The minimum absolute atomic E-state index is 0.0141. The minimum atomic E-state index is -4.63. The van der Waals surface area contributed by atoms with Crippen LogP contribution in [0.3, 0.4) is 0 Å². The van der Waals surface area contributed by atoms with E-state index in [1.165, 1.54) is 35.0 Å². The number of carbonyl (C=O) groups is 2. The van der Waals surface area contributed by atoms with Crippen LogP contribution in [-0.4, -0.2) is 64.4 Å². The van der Waals surface area contributed by atoms with Gasteiger partial charge in [-0.3, -0.25) is 4.90 Å². The van der Waals surface area contributed by atoms with Crippen molar-refractivity contribution in [2.75, 3.05) is 32.6 Å². The Bertz CT molecular complexity index is 1890. The second-order valence-electron chi connectivity index (χ2n) is 11.1. The van der Waals surface area contributed by atoms with Crippen molar-refractivity contribution in [2.45, 2.75) is 32.1 Å². The molecular weight excluding hydrogens is 623 g/mol. The number of rotatable bonds is 8. The first-order chi connectivity index (χ1) is 22.3. The Morgan fingerprint density at radius 1 is 1.26 bits per heavy atom. The maximum Gasteiger partial charge on any atom is 0.416 e. The quantitative estimate of drug-likeness (QED) is 0.169. The number of fused-ring (bicyclic) bond motifs is 1. The first-order valence-electron chi connectivity index (χ1n) is 14.0. The number of H-pyrrole nitrogens is 1. The summed E-state index contributed by atoms with van der Waals surface area (Å²) in [6.45, 7) is 2.12. The highest BCUT2D eigenvalue weighted by molar-refractivity contribution is 5.93. The van der Waals surface area contributed by atoms with Crippen LogP contribution in [0.1, 0.15) is 41.1 Å². The standard InChI is InChI=1S/C30H28F3N7O4.CH2O2/c1-18-25(27(41)43-4)26(39-28(36-37-29(39)42)38(18)22-7-5-6-21(15-22)30(31,32)33)23-9-8-19(16-34)14-20(23)10-12-40(2,3)17-24-35-11-13-44-24;2-1-3/h5-9,11,13-15,26H,10,12,17H2,1-4H3;1H,(H,2,3)/t26-;/m1./s1. The van der Waals surface area contributed by atoms with E-state index in [1.54, 1.807) is 31.3 Å². The van der Waals surface area contributed by atoms with Crippen molar-refractivity contribution in [3.05, 3.63) is 105 Å². The number of quaternary nitrogens is 1. The number of aromatic nitrogens is 4. The zero-order chi connectivity index (χ0) is 34.5. The number of alkyl halides is 3. The number of ether oxygens (including phenoxy) is 1. The number of carbonyl (C=O) groups excluding carboxylic acids is 2. The Labute approximate surface area is 266 Å². The fourth-order valence-corrected chi connectivity index (χ4v) is 5.44. The van der Waals surface area contributed by atoms with E-state index in [0.717, 1.165) is 12.1 Å². The lowest BCUT2D eigenvalue weighted by Gasteiger charge is -2.36. The number of nitriles is 1. The van der Waals surface area contributed by atoms with Gasteiger partial charge in [-0.1, -0.05) is 12.1 Å². The fourth-order valence-electron chi connectivity index (χ4n) is 5.44. The van der Waals surface area contributed by atoms with Crippen LogP contribution in [0.4, 0.5) is 24.8 Å². The van der Waals surface area contributed by atoms with Crippen LogP contribution in [-0.2, 0) is 33.5 Å². The van der Waals surface area contributed by atoms with Gasteiger partial charge in [0, 0.05) is 24.3 Å². The van der Waals surface area contributed by atoms with Crippen molar-refractivity contribution in [2.24, 2.45) is 0 Å². The number of oxazole rings is 1. The van der Waals surface area contributed by atoms with Crippen molar-refractivity contribution < 1.29 is 41.5 Å². The van der Waals surface area contributed by atoms with Gasteiger partial charge < -0.3 is 23.5 Å². The lowest BCUT2D eigenvalue weighted by molar-refractivity contribution is -0.904. The Hall–Kier alpha value is -5.69. The third-order valence-electron chi connectivity index (χ3n) is 7.58. The van der Waals surface area contributed by atoms with Crippen LogP contribution < -0.4 is 15.7 Å². The van der Waals surface area contributed by atoms with Crippen LogP contribution in [0, 0.1) is 11.3 Å². The van der Waals surface area contributed by atoms with Crippen LogP contribution in [0.15, 0.2) is 75.4 Å². The van der Waals surface area contributed by atoms with Gasteiger partial charge >= 0.3 is 17.8 Å². The van der Waals surface area contributed by atoms with Crippen molar-refractivity contribution >= 4 is 24.1 Å². The van der Waals surface area contributed by atoms with Gasteiger partial charge in [-0.25, -0.2) is 24.2 Å². The average Bonchev–Trinajstić information content (AvgIpc) is 3.68. The van der Waals surface area contributed by atoms with E-state index in [2.05, 4.69) is 21.3 Å². The molecule has 2 aromatic heterocycles.